The summed E-state index contributed by atoms with van der Waals surface area (Å²) in [5, 5.41) is 29.4. The molecule has 104 valence electrons. The summed E-state index contributed by atoms with van der Waals surface area (Å²) in [4.78, 5) is 0. The van der Waals surface area contributed by atoms with Crippen molar-refractivity contribution in [2.45, 2.75) is 49.8 Å². The standard InChI is InChI=1S/C11H24O4S2/c1-5-16-11(17-6-2)9(14)10(15-4)8(13)7(3)12/h7-14H,5-6H2,1-4H3/t7-,8+,9-,10+/m1/s1. The highest BCUT2D eigenvalue weighted by molar-refractivity contribution is 8.17. The number of hydrogen-bond acceptors (Lipinski definition) is 6. The molecule has 0 aromatic rings. The fourth-order valence-electron chi connectivity index (χ4n) is 1.48. The summed E-state index contributed by atoms with van der Waals surface area (Å²) in [6.07, 6.45) is -3.57. The molecular weight excluding hydrogens is 260 g/mol. The Morgan fingerprint density at radius 1 is 1.00 bits per heavy atom. The van der Waals surface area contributed by atoms with Gasteiger partial charge in [-0.1, -0.05) is 13.8 Å². The summed E-state index contributed by atoms with van der Waals surface area (Å²) in [6.45, 7) is 5.53. The lowest BCUT2D eigenvalue weighted by atomic mass is 10.0. The van der Waals surface area contributed by atoms with Crippen molar-refractivity contribution in [2.24, 2.45) is 0 Å². The fraction of sp³-hybridized carbons (Fsp3) is 1.00. The molecule has 0 amide bonds. The van der Waals surface area contributed by atoms with E-state index in [0.29, 0.717) is 0 Å². The van der Waals surface area contributed by atoms with Crippen LogP contribution in [0.25, 0.3) is 0 Å². The molecule has 0 aromatic heterocycles. The van der Waals surface area contributed by atoms with Gasteiger partial charge >= 0.3 is 0 Å². The Morgan fingerprint density at radius 2 is 1.47 bits per heavy atom. The van der Waals surface area contributed by atoms with Gasteiger partial charge in [0, 0.05) is 7.11 Å². The maximum absolute atomic E-state index is 10.2. The molecule has 0 unspecified atom stereocenters. The lowest BCUT2D eigenvalue weighted by molar-refractivity contribution is -0.112. The third-order valence-electron chi connectivity index (χ3n) is 2.38. The molecule has 0 aromatic carbocycles. The highest BCUT2D eigenvalue weighted by Crippen LogP contribution is 2.30. The molecule has 0 aliphatic heterocycles. The minimum Gasteiger partial charge on any atom is -0.391 e. The molecule has 0 aliphatic rings. The monoisotopic (exact) mass is 284 g/mol. The van der Waals surface area contributed by atoms with Crippen LogP contribution in [0.3, 0.4) is 0 Å². The van der Waals surface area contributed by atoms with Crippen molar-refractivity contribution in [3.05, 3.63) is 0 Å². The van der Waals surface area contributed by atoms with Crippen LogP contribution < -0.4 is 0 Å². The molecule has 6 heteroatoms. The number of aliphatic hydroxyl groups is 3. The second-order valence-corrected chi connectivity index (χ2v) is 6.84. The lowest BCUT2D eigenvalue weighted by Crippen LogP contribution is -2.48. The van der Waals surface area contributed by atoms with Gasteiger partial charge in [0.05, 0.1) is 10.7 Å². The summed E-state index contributed by atoms with van der Waals surface area (Å²) in [5.74, 6) is 1.77. The van der Waals surface area contributed by atoms with Crippen LogP contribution in [0, 0.1) is 0 Å². The zero-order chi connectivity index (χ0) is 13.4. The molecule has 17 heavy (non-hydrogen) atoms. The summed E-state index contributed by atoms with van der Waals surface area (Å²) < 4.78 is 5.07. The van der Waals surface area contributed by atoms with Crippen LogP contribution in [0.15, 0.2) is 0 Å². The van der Waals surface area contributed by atoms with E-state index in [1.165, 1.54) is 14.0 Å². The third kappa shape index (κ3) is 5.81. The maximum atomic E-state index is 10.2. The van der Waals surface area contributed by atoms with Crippen LogP contribution in [0.2, 0.25) is 0 Å². The Morgan fingerprint density at radius 3 is 1.76 bits per heavy atom. The van der Waals surface area contributed by atoms with E-state index in [-0.39, 0.29) is 4.58 Å². The van der Waals surface area contributed by atoms with E-state index in [2.05, 4.69) is 0 Å². The van der Waals surface area contributed by atoms with Crippen LogP contribution in [0.5, 0.6) is 0 Å². The van der Waals surface area contributed by atoms with E-state index in [0.717, 1.165) is 11.5 Å². The fourth-order valence-corrected chi connectivity index (χ4v) is 4.05. The Kier molecular flexibility index (Phi) is 9.77. The van der Waals surface area contributed by atoms with Gasteiger partial charge in [-0.05, 0) is 18.4 Å². The third-order valence-corrected chi connectivity index (χ3v) is 5.08. The van der Waals surface area contributed by atoms with Crippen molar-refractivity contribution in [3.63, 3.8) is 0 Å². The number of hydrogen-bond donors (Lipinski definition) is 3. The van der Waals surface area contributed by atoms with Crippen LogP contribution in [0.4, 0.5) is 0 Å². The van der Waals surface area contributed by atoms with Crippen LogP contribution in [-0.4, -0.2) is 62.9 Å². The number of rotatable bonds is 9. The Balaban J connectivity index is 4.61. The molecule has 0 heterocycles. The first-order chi connectivity index (χ1) is 7.99. The van der Waals surface area contributed by atoms with Crippen LogP contribution in [0.1, 0.15) is 20.8 Å². The molecular formula is C11H24O4S2. The molecule has 0 aliphatic carbocycles. The van der Waals surface area contributed by atoms with Gasteiger partial charge in [-0.3, -0.25) is 0 Å². The lowest BCUT2D eigenvalue weighted by Gasteiger charge is -2.32. The number of thioether (sulfide) groups is 2. The Hall–Kier alpha value is 0.540. The van der Waals surface area contributed by atoms with Gasteiger partial charge in [-0.25, -0.2) is 0 Å². The predicted octanol–water partition coefficient (Wildman–Crippen LogP) is 0.936. The first kappa shape index (κ1) is 17.5. The van der Waals surface area contributed by atoms with Gasteiger partial charge in [-0.15, -0.1) is 23.5 Å². The zero-order valence-electron chi connectivity index (χ0n) is 10.9. The second-order valence-electron chi connectivity index (χ2n) is 3.70. The molecule has 4 nitrogen and oxygen atoms in total. The molecule has 0 fully saturated rings. The topological polar surface area (TPSA) is 69.9 Å². The summed E-state index contributed by atoms with van der Waals surface area (Å²) >= 11 is 3.24. The predicted molar refractivity (Wildman–Crippen MR) is 74.5 cm³/mol. The average Bonchev–Trinajstić information content (AvgIpc) is 2.29. The molecule has 4 atom stereocenters. The van der Waals surface area contributed by atoms with Gasteiger partial charge in [0.15, 0.2) is 0 Å². The largest absolute Gasteiger partial charge is 0.391 e. The van der Waals surface area contributed by atoms with Gasteiger partial charge < -0.3 is 20.1 Å². The van der Waals surface area contributed by atoms with Crippen molar-refractivity contribution in [2.75, 3.05) is 18.6 Å². The zero-order valence-corrected chi connectivity index (χ0v) is 12.5. The average molecular weight is 284 g/mol. The molecule has 0 rings (SSSR count). The normalized spacial score (nSPS) is 19.1. The number of aliphatic hydroxyl groups excluding tert-OH is 3. The van der Waals surface area contributed by atoms with E-state index in [1.807, 2.05) is 13.8 Å². The summed E-state index contributed by atoms with van der Waals surface area (Å²) in [7, 11) is 1.43. The molecule has 0 saturated carbocycles. The van der Waals surface area contributed by atoms with Crippen molar-refractivity contribution in [3.8, 4) is 0 Å². The first-order valence-corrected chi connectivity index (χ1v) is 7.89. The van der Waals surface area contributed by atoms with E-state index in [9.17, 15) is 15.3 Å². The second kappa shape index (κ2) is 9.47. The number of ether oxygens (including phenoxy) is 1. The highest BCUT2D eigenvalue weighted by Gasteiger charge is 2.35. The molecule has 0 saturated heterocycles. The maximum Gasteiger partial charge on any atom is 0.113 e. The number of methoxy groups -OCH3 is 1. The van der Waals surface area contributed by atoms with Crippen molar-refractivity contribution in [1.29, 1.82) is 0 Å². The van der Waals surface area contributed by atoms with Gasteiger partial charge in [-0.2, -0.15) is 0 Å². The Bertz CT molecular complexity index is 186. The smallest absolute Gasteiger partial charge is 0.113 e. The van der Waals surface area contributed by atoms with Gasteiger partial charge in [0.25, 0.3) is 0 Å². The minimum absolute atomic E-state index is 0.0525. The Labute approximate surface area is 112 Å². The van der Waals surface area contributed by atoms with Crippen molar-refractivity contribution >= 4 is 23.5 Å². The van der Waals surface area contributed by atoms with Gasteiger partial charge in [0.2, 0.25) is 0 Å². The minimum atomic E-state index is -1.08. The first-order valence-electron chi connectivity index (χ1n) is 5.79. The van der Waals surface area contributed by atoms with Crippen molar-refractivity contribution in [1.82, 2.24) is 0 Å². The van der Waals surface area contributed by atoms with Crippen molar-refractivity contribution < 1.29 is 20.1 Å². The van der Waals surface area contributed by atoms with Crippen LogP contribution in [-0.2, 0) is 4.74 Å². The molecule has 3 N–H and O–H groups in total. The van der Waals surface area contributed by atoms with Gasteiger partial charge in [0.1, 0.15) is 18.3 Å². The molecule has 0 radical (unpaired) electrons. The molecule has 0 bridgehead atoms. The quantitative estimate of drug-likeness (QED) is 0.547. The SMILES string of the molecule is CCSC(SCC)[C@H](O)[C@@H](OC)[C@@H](O)[C@@H](C)O. The van der Waals surface area contributed by atoms with Crippen LogP contribution >= 0.6 is 23.5 Å². The summed E-state index contributed by atoms with van der Waals surface area (Å²) in [6, 6.07) is 0. The van der Waals surface area contributed by atoms with E-state index < -0.39 is 24.4 Å². The van der Waals surface area contributed by atoms with E-state index >= 15 is 0 Å². The van der Waals surface area contributed by atoms with E-state index in [4.69, 9.17) is 4.74 Å². The van der Waals surface area contributed by atoms with E-state index in [1.54, 1.807) is 23.5 Å². The summed E-state index contributed by atoms with van der Waals surface area (Å²) in [5.41, 5.74) is 0. The molecule has 0 spiro atoms. The highest BCUT2D eigenvalue weighted by atomic mass is 32.2.